The van der Waals surface area contributed by atoms with Crippen LogP contribution in [0.15, 0.2) is 72.8 Å². The monoisotopic (exact) mass is 417 g/mol. The summed E-state index contributed by atoms with van der Waals surface area (Å²) >= 11 is 0. The van der Waals surface area contributed by atoms with E-state index in [-0.39, 0.29) is 12.5 Å². The quantitative estimate of drug-likeness (QED) is 0.640. The van der Waals surface area contributed by atoms with Crippen molar-refractivity contribution in [1.29, 1.82) is 0 Å². The van der Waals surface area contributed by atoms with Gasteiger partial charge in [-0.2, -0.15) is 0 Å². The van der Waals surface area contributed by atoms with Gasteiger partial charge in [0.15, 0.2) is 6.61 Å². The van der Waals surface area contributed by atoms with E-state index in [1.807, 2.05) is 61.5 Å². The molecule has 0 aliphatic carbocycles. The third kappa shape index (κ3) is 4.30. The number of benzene rings is 3. The number of methoxy groups -OCH3 is 1. The maximum absolute atomic E-state index is 13.2. The number of hydrogen-bond acceptors (Lipinski definition) is 5. The van der Waals surface area contributed by atoms with E-state index < -0.39 is 12.1 Å². The number of amides is 2. The highest BCUT2D eigenvalue weighted by atomic mass is 16.5. The first-order chi connectivity index (χ1) is 15.1. The standard InChI is InChI=1S/C24H23N3O4/c1-16-7-3-6-10-21(16)31-15-22(28)26-27-23(17-11-13-18(30-2)14-12-17)25-20-9-5-4-8-19(20)24(27)29/h3-14,23,25H,15H2,1-2H3,(H,26,28). The van der Waals surface area contributed by atoms with Crippen molar-refractivity contribution < 1.29 is 19.1 Å². The predicted octanol–water partition coefficient (Wildman–Crippen LogP) is 3.68. The number of rotatable bonds is 6. The van der Waals surface area contributed by atoms with E-state index in [1.165, 1.54) is 5.01 Å². The van der Waals surface area contributed by atoms with E-state index in [1.54, 1.807) is 25.3 Å². The molecule has 0 bridgehead atoms. The second-order valence-corrected chi connectivity index (χ2v) is 7.13. The molecule has 0 saturated carbocycles. The normalized spacial score (nSPS) is 15.0. The van der Waals surface area contributed by atoms with Gasteiger partial charge in [-0.3, -0.25) is 15.0 Å². The summed E-state index contributed by atoms with van der Waals surface area (Å²) in [6.07, 6.45) is -0.587. The zero-order valence-electron chi connectivity index (χ0n) is 17.3. The lowest BCUT2D eigenvalue weighted by molar-refractivity contribution is -0.127. The van der Waals surface area contributed by atoms with Crippen molar-refractivity contribution in [1.82, 2.24) is 10.4 Å². The molecule has 0 saturated heterocycles. The van der Waals surface area contributed by atoms with E-state index >= 15 is 0 Å². The topological polar surface area (TPSA) is 79.9 Å². The smallest absolute Gasteiger partial charge is 0.276 e. The summed E-state index contributed by atoms with van der Waals surface area (Å²) in [6, 6.07) is 22.0. The lowest BCUT2D eigenvalue weighted by atomic mass is 10.0. The van der Waals surface area contributed by atoms with Crippen molar-refractivity contribution in [2.24, 2.45) is 0 Å². The summed E-state index contributed by atoms with van der Waals surface area (Å²) in [5.74, 6) is 0.585. The zero-order valence-corrected chi connectivity index (χ0v) is 17.3. The summed E-state index contributed by atoms with van der Waals surface area (Å²) in [4.78, 5) is 25.8. The number of aryl methyl sites for hydroxylation is 1. The van der Waals surface area contributed by atoms with Gasteiger partial charge in [0.1, 0.15) is 17.7 Å². The number of nitrogens with one attached hydrogen (secondary N) is 2. The van der Waals surface area contributed by atoms with Gasteiger partial charge in [0.25, 0.3) is 11.8 Å². The number of hydrogen-bond donors (Lipinski definition) is 2. The molecule has 3 aromatic carbocycles. The first kappa shape index (κ1) is 20.3. The Labute approximate surface area is 180 Å². The number of ether oxygens (including phenoxy) is 2. The van der Waals surface area contributed by atoms with Crippen LogP contribution >= 0.6 is 0 Å². The number of nitrogens with zero attached hydrogens (tertiary/aromatic N) is 1. The van der Waals surface area contributed by atoms with Crippen LogP contribution in [0.3, 0.4) is 0 Å². The van der Waals surface area contributed by atoms with Gasteiger partial charge < -0.3 is 14.8 Å². The van der Waals surface area contributed by atoms with Gasteiger partial charge in [0.05, 0.1) is 12.7 Å². The number of para-hydroxylation sites is 2. The van der Waals surface area contributed by atoms with Crippen LogP contribution < -0.4 is 20.2 Å². The fourth-order valence-electron chi connectivity index (χ4n) is 3.42. The average molecular weight is 417 g/mol. The van der Waals surface area contributed by atoms with Crippen molar-refractivity contribution in [2.75, 3.05) is 19.0 Å². The van der Waals surface area contributed by atoms with E-state index in [9.17, 15) is 9.59 Å². The van der Waals surface area contributed by atoms with Gasteiger partial charge in [0.2, 0.25) is 0 Å². The highest BCUT2D eigenvalue weighted by molar-refractivity contribution is 6.02. The molecule has 0 radical (unpaired) electrons. The Morgan fingerprint density at radius 3 is 2.48 bits per heavy atom. The van der Waals surface area contributed by atoms with E-state index in [0.717, 1.165) is 11.1 Å². The molecule has 0 spiro atoms. The Hall–Kier alpha value is -4.00. The SMILES string of the molecule is COc1ccc(C2Nc3ccccc3C(=O)N2NC(=O)COc2ccccc2C)cc1. The fraction of sp³-hybridized carbons (Fsp3) is 0.167. The van der Waals surface area contributed by atoms with Crippen molar-refractivity contribution >= 4 is 17.5 Å². The largest absolute Gasteiger partial charge is 0.497 e. The first-order valence-electron chi connectivity index (χ1n) is 9.88. The van der Waals surface area contributed by atoms with Gasteiger partial charge >= 0.3 is 0 Å². The molecule has 0 aromatic heterocycles. The summed E-state index contributed by atoms with van der Waals surface area (Å²) in [7, 11) is 1.59. The highest BCUT2D eigenvalue weighted by Crippen LogP contribution is 2.32. The molecule has 158 valence electrons. The van der Waals surface area contributed by atoms with Crippen LogP contribution in [0.25, 0.3) is 0 Å². The molecule has 1 unspecified atom stereocenters. The summed E-state index contributed by atoms with van der Waals surface area (Å²) in [5, 5.41) is 4.63. The molecular formula is C24H23N3O4. The lowest BCUT2D eigenvalue weighted by Gasteiger charge is -2.37. The molecule has 2 amide bonds. The summed E-state index contributed by atoms with van der Waals surface area (Å²) < 4.78 is 10.9. The number of fused-ring (bicyclic) bond motifs is 1. The minimum atomic E-state index is -0.587. The summed E-state index contributed by atoms with van der Waals surface area (Å²) in [5.41, 5.74) is 5.61. The molecule has 4 rings (SSSR count). The van der Waals surface area contributed by atoms with Gasteiger partial charge in [-0.05, 0) is 48.4 Å². The Morgan fingerprint density at radius 2 is 1.74 bits per heavy atom. The third-order valence-electron chi connectivity index (χ3n) is 5.06. The van der Waals surface area contributed by atoms with Crippen molar-refractivity contribution in [2.45, 2.75) is 13.1 Å². The van der Waals surface area contributed by atoms with Gasteiger partial charge in [-0.1, -0.05) is 42.5 Å². The maximum atomic E-state index is 13.2. The molecule has 31 heavy (non-hydrogen) atoms. The van der Waals surface area contributed by atoms with E-state index in [2.05, 4.69) is 10.7 Å². The fourth-order valence-corrected chi connectivity index (χ4v) is 3.42. The maximum Gasteiger partial charge on any atom is 0.276 e. The predicted molar refractivity (Wildman–Crippen MR) is 117 cm³/mol. The third-order valence-corrected chi connectivity index (χ3v) is 5.06. The van der Waals surface area contributed by atoms with Crippen LogP contribution in [0.2, 0.25) is 0 Å². The van der Waals surface area contributed by atoms with Crippen LogP contribution in [0.1, 0.15) is 27.7 Å². The van der Waals surface area contributed by atoms with Gasteiger partial charge in [-0.25, -0.2) is 5.01 Å². The van der Waals surface area contributed by atoms with Crippen LogP contribution in [-0.2, 0) is 4.79 Å². The molecule has 1 aliphatic rings. The molecule has 0 fully saturated rings. The highest BCUT2D eigenvalue weighted by Gasteiger charge is 2.34. The molecule has 2 N–H and O–H groups in total. The molecule has 1 aliphatic heterocycles. The second kappa shape index (κ2) is 8.79. The van der Waals surface area contributed by atoms with Crippen LogP contribution in [-0.4, -0.2) is 30.5 Å². The van der Waals surface area contributed by atoms with Crippen LogP contribution in [0.4, 0.5) is 5.69 Å². The number of hydrazine groups is 1. The number of anilines is 1. The van der Waals surface area contributed by atoms with Crippen LogP contribution in [0, 0.1) is 6.92 Å². The second-order valence-electron chi connectivity index (χ2n) is 7.13. The number of carbonyl (C=O) groups excluding carboxylic acids is 2. The lowest BCUT2D eigenvalue weighted by Crippen LogP contribution is -2.53. The molecular weight excluding hydrogens is 394 g/mol. The molecule has 1 heterocycles. The zero-order chi connectivity index (χ0) is 21.8. The minimum Gasteiger partial charge on any atom is -0.497 e. The Morgan fingerprint density at radius 1 is 1.03 bits per heavy atom. The van der Waals surface area contributed by atoms with E-state index in [4.69, 9.17) is 9.47 Å². The molecule has 7 nitrogen and oxygen atoms in total. The average Bonchev–Trinajstić information content (AvgIpc) is 2.80. The van der Waals surface area contributed by atoms with E-state index in [0.29, 0.717) is 22.7 Å². The van der Waals surface area contributed by atoms with Crippen LogP contribution in [0.5, 0.6) is 11.5 Å². The molecule has 3 aromatic rings. The number of carbonyl (C=O) groups is 2. The Kier molecular flexibility index (Phi) is 5.75. The Bertz CT molecular complexity index is 1100. The van der Waals surface area contributed by atoms with Crippen molar-refractivity contribution in [3.05, 3.63) is 89.5 Å². The first-order valence-corrected chi connectivity index (χ1v) is 9.88. The molecule has 7 heteroatoms. The summed E-state index contributed by atoms with van der Waals surface area (Å²) in [6.45, 7) is 1.69. The van der Waals surface area contributed by atoms with Gasteiger partial charge in [0, 0.05) is 5.69 Å². The minimum absolute atomic E-state index is 0.217. The van der Waals surface area contributed by atoms with Crippen molar-refractivity contribution in [3.63, 3.8) is 0 Å². The molecule has 1 atom stereocenters. The van der Waals surface area contributed by atoms with Gasteiger partial charge in [-0.15, -0.1) is 0 Å². The Balaban J connectivity index is 1.56. The van der Waals surface area contributed by atoms with Crippen molar-refractivity contribution in [3.8, 4) is 11.5 Å².